The summed E-state index contributed by atoms with van der Waals surface area (Å²) < 4.78 is 11.4. The van der Waals surface area contributed by atoms with Gasteiger partial charge in [-0.25, -0.2) is 29.9 Å². The highest BCUT2D eigenvalue weighted by Gasteiger charge is 2.17. The van der Waals surface area contributed by atoms with Gasteiger partial charge in [-0.15, -0.1) is 0 Å². The Morgan fingerprint density at radius 2 is 0.650 bits per heavy atom. The van der Waals surface area contributed by atoms with Gasteiger partial charge in [0.05, 0.1) is 24.3 Å². The fourth-order valence-corrected chi connectivity index (χ4v) is 6.11. The molecule has 2 N–H and O–H groups in total. The Labute approximate surface area is 350 Å². The van der Waals surface area contributed by atoms with Gasteiger partial charge in [-0.3, -0.25) is 0 Å². The van der Waals surface area contributed by atoms with E-state index in [1.54, 1.807) is 24.3 Å². The summed E-state index contributed by atoms with van der Waals surface area (Å²) in [6, 6.07) is 49.5. The minimum Gasteiger partial charge on any atom is -0.507 e. The van der Waals surface area contributed by atoms with Crippen molar-refractivity contribution in [1.29, 1.82) is 0 Å². The van der Waals surface area contributed by atoms with E-state index in [2.05, 4.69) is 43.8 Å². The maximum Gasteiger partial charge on any atom is 0.167 e. The van der Waals surface area contributed by atoms with Crippen LogP contribution in [0.3, 0.4) is 0 Å². The van der Waals surface area contributed by atoms with Crippen LogP contribution in [0, 0.1) is 0 Å². The summed E-state index contributed by atoms with van der Waals surface area (Å²) in [4.78, 5) is 27.9. The molecule has 60 heavy (non-hydrogen) atoms. The highest BCUT2D eigenvalue weighted by Crippen LogP contribution is 2.34. The molecule has 300 valence electrons. The Morgan fingerprint density at radius 1 is 0.367 bits per heavy atom. The zero-order valence-corrected chi connectivity index (χ0v) is 33.6. The van der Waals surface area contributed by atoms with Crippen molar-refractivity contribution in [1.82, 2.24) is 29.9 Å². The lowest BCUT2D eigenvalue weighted by Gasteiger charge is -2.11. The van der Waals surface area contributed by atoms with E-state index >= 15 is 0 Å². The van der Waals surface area contributed by atoms with Crippen LogP contribution in [0.5, 0.6) is 23.0 Å². The molecule has 10 nitrogen and oxygen atoms in total. The molecule has 0 aliphatic rings. The molecule has 0 saturated heterocycles. The zero-order chi connectivity index (χ0) is 41.5. The third-order valence-corrected chi connectivity index (χ3v) is 9.35. The Kier molecular flexibility index (Phi) is 13.8. The number of aromatic hydroxyl groups is 2. The zero-order valence-electron chi connectivity index (χ0n) is 33.6. The van der Waals surface area contributed by atoms with Gasteiger partial charge in [0.2, 0.25) is 0 Å². The van der Waals surface area contributed by atoms with E-state index in [1.807, 2.05) is 133 Å². The van der Waals surface area contributed by atoms with Gasteiger partial charge >= 0.3 is 0 Å². The number of hydrogen-bond donors (Lipinski definition) is 2. The number of rotatable bonds is 14. The van der Waals surface area contributed by atoms with E-state index in [0.717, 1.165) is 47.9 Å². The average Bonchev–Trinajstić information content (AvgIpc) is 3.30. The first-order valence-corrected chi connectivity index (χ1v) is 20.1. The predicted molar refractivity (Wildman–Crippen MR) is 236 cm³/mol. The van der Waals surface area contributed by atoms with Crippen molar-refractivity contribution < 1.29 is 19.7 Å². The van der Waals surface area contributed by atoms with Crippen LogP contribution >= 0.6 is 0 Å². The summed E-state index contributed by atoms with van der Waals surface area (Å²) in [7, 11) is 0. The van der Waals surface area contributed by atoms with Crippen LogP contribution < -0.4 is 9.47 Å². The van der Waals surface area contributed by atoms with E-state index in [1.165, 1.54) is 0 Å². The first kappa shape index (κ1) is 40.7. The summed E-state index contributed by atoms with van der Waals surface area (Å²) >= 11 is 0. The summed E-state index contributed by atoms with van der Waals surface area (Å²) in [6.45, 7) is 5.47. The molecule has 0 unspecified atom stereocenters. The van der Waals surface area contributed by atoms with Crippen molar-refractivity contribution in [3.05, 3.63) is 158 Å². The first-order chi connectivity index (χ1) is 29.5. The Morgan fingerprint density at radius 3 is 0.917 bits per heavy atom. The van der Waals surface area contributed by atoms with E-state index in [9.17, 15) is 10.2 Å². The number of phenols is 2. The van der Waals surface area contributed by atoms with Gasteiger partial charge in [0.25, 0.3) is 0 Å². The van der Waals surface area contributed by atoms with Gasteiger partial charge in [0, 0.05) is 34.4 Å². The highest BCUT2D eigenvalue weighted by molar-refractivity contribution is 5.72. The molecule has 0 aliphatic heterocycles. The number of phenolic OH excluding ortho intramolecular Hbond substituents is 2. The van der Waals surface area contributed by atoms with Crippen molar-refractivity contribution in [2.24, 2.45) is 0 Å². The van der Waals surface area contributed by atoms with Crippen molar-refractivity contribution in [3.8, 4) is 91.3 Å². The highest BCUT2D eigenvalue weighted by atomic mass is 16.5. The fraction of sp³-hybridized carbons (Fsp3) is 0.160. The second-order valence-electron chi connectivity index (χ2n) is 13.8. The van der Waals surface area contributed by atoms with Crippen LogP contribution in [-0.4, -0.2) is 53.3 Å². The first-order valence-electron chi connectivity index (χ1n) is 20.1. The Hall–Kier alpha value is -7.46. The van der Waals surface area contributed by atoms with Gasteiger partial charge < -0.3 is 19.7 Å². The Bertz CT molecular complexity index is 2300. The van der Waals surface area contributed by atoms with Crippen molar-refractivity contribution in [2.75, 3.05) is 13.2 Å². The smallest absolute Gasteiger partial charge is 0.167 e. The lowest BCUT2D eigenvalue weighted by atomic mass is 10.1. The summed E-state index contributed by atoms with van der Waals surface area (Å²) in [5.41, 5.74) is 4.62. The number of aromatic nitrogens is 6. The van der Waals surface area contributed by atoms with Crippen LogP contribution in [0.2, 0.25) is 0 Å². The standard InChI is InChI=1S/2C25H23N3O2/c2*1-2-3-16-30-20-14-15-21(22(29)17-20)25-27-23(18-10-6-4-7-11-18)26-24(28-25)19-12-8-5-9-13-19/h2*4-15,17,29H,2-3,16H2,1H3. The number of benzene rings is 6. The van der Waals surface area contributed by atoms with Crippen LogP contribution in [0.1, 0.15) is 39.5 Å². The van der Waals surface area contributed by atoms with Crippen molar-refractivity contribution >= 4 is 0 Å². The predicted octanol–water partition coefficient (Wildman–Crippen LogP) is 11.5. The number of nitrogens with zero attached hydrogens (tertiary/aromatic N) is 6. The average molecular weight is 795 g/mol. The molecule has 10 heteroatoms. The van der Waals surface area contributed by atoms with E-state index in [-0.39, 0.29) is 11.5 Å². The minimum atomic E-state index is 0.0771. The molecule has 0 radical (unpaired) electrons. The number of unbranched alkanes of at least 4 members (excludes halogenated alkanes) is 2. The topological polar surface area (TPSA) is 136 Å². The second kappa shape index (κ2) is 20.3. The third kappa shape index (κ3) is 10.5. The quantitative estimate of drug-likeness (QED) is 0.102. The molecule has 0 fully saturated rings. The number of hydrogen-bond acceptors (Lipinski definition) is 10. The van der Waals surface area contributed by atoms with Gasteiger partial charge in [-0.2, -0.15) is 0 Å². The molecular formula is C50H46N6O4. The molecule has 0 atom stereocenters. The molecule has 0 saturated carbocycles. The summed E-state index contributed by atoms with van der Waals surface area (Å²) in [6.07, 6.45) is 4.05. The lowest BCUT2D eigenvalue weighted by Crippen LogP contribution is -2.01. The fourth-order valence-electron chi connectivity index (χ4n) is 6.11. The monoisotopic (exact) mass is 794 g/mol. The maximum atomic E-state index is 10.6. The van der Waals surface area contributed by atoms with E-state index in [4.69, 9.17) is 9.47 Å². The van der Waals surface area contributed by atoms with Crippen LogP contribution in [-0.2, 0) is 0 Å². The Balaban J connectivity index is 0.000000181. The molecule has 6 aromatic carbocycles. The summed E-state index contributed by atoms with van der Waals surface area (Å²) in [5.74, 6) is 4.48. The van der Waals surface area contributed by atoms with Gasteiger partial charge in [-0.05, 0) is 37.1 Å². The molecule has 0 spiro atoms. The van der Waals surface area contributed by atoms with Gasteiger partial charge in [0.15, 0.2) is 34.9 Å². The van der Waals surface area contributed by atoms with Crippen LogP contribution in [0.25, 0.3) is 68.3 Å². The summed E-state index contributed by atoms with van der Waals surface area (Å²) in [5, 5.41) is 21.3. The molecular weight excluding hydrogens is 749 g/mol. The minimum absolute atomic E-state index is 0.0771. The SMILES string of the molecule is CCCCOc1ccc(-c2nc(-c3ccccc3)nc(-c3ccccc3)n2)c(O)c1.CCCCOc1ccc(-c2nc(-c3ccccc3)nc(-c3ccccc3)n2)c(O)c1. The van der Waals surface area contributed by atoms with Crippen molar-refractivity contribution in [2.45, 2.75) is 39.5 Å². The van der Waals surface area contributed by atoms with E-state index < -0.39 is 0 Å². The van der Waals surface area contributed by atoms with Crippen LogP contribution in [0.4, 0.5) is 0 Å². The molecule has 2 aromatic heterocycles. The van der Waals surface area contributed by atoms with Crippen LogP contribution in [0.15, 0.2) is 158 Å². The van der Waals surface area contributed by atoms with E-state index in [0.29, 0.717) is 70.8 Å². The molecule has 0 amide bonds. The van der Waals surface area contributed by atoms with Gasteiger partial charge in [0.1, 0.15) is 23.0 Å². The molecule has 0 bridgehead atoms. The lowest BCUT2D eigenvalue weighted by molar-refractivity contribution is 0.307. The maximum absolute atomic E-state index is 10.6. The molecule has 2 heterocycles. The molecule has 0 aliphatic carbocycles. The normalized spacial score (nSPS) is 10.7. The molecule has 8 aromatic rings. The largest absolute Gasteiger partial charge is 0.507 e. The second-order valence-corrected chi connectivity index (χ2v) is 13.8. The molecule has 8 rings (SSSR count). The third-order valence-electron chi connectivity index (χ3n) is 9.35. The van der Waals surface area contributed by atoms with Gasteiger partial charge in [-0.1, -0.05) is 148 Å². The van der Waals surface area contributed by atoms with Crippen molar-refractivity contribution in [3.63, 3.8) is 0 Å². The number of ether oxygens (including phenoxy) is 2.